The molecule has 1 saturated heterocycles. The number of nitrogens with zero attached hydrogens (tertiary/aromatic N) is 3. The number of hydrogen-bond acceptors (Lipinski definition) is 6. The smallest absolute Gasteiger partial charge is 0.269 e. The molecule has 1 N–H and O–H groups in total. The number of nitriles is 1. The van der Waals surface area contributed by atoms with E-state index in [1.54, 1.807) is 18.3 Å². The Balaban J connectivity index is 1.78. The number of fused-ring (bicyclic) bond motifs is 1. The number of pyridine rings is 1. The zero-order valence-electron chi connectivity index (χ0n) is 19.4. The van der Waals surface area contributed by atoms with Crippen LogP contribution in [-0.2, 0) is 9.53 Å². The minimum Gasteiger partial charge on any atom is -0.438 e. The number of nitrogens with one attached hydrogen (secondary N) is 1. The van der Waals surface area contributed by atoms with Crippen LogP contribution in [0.25, 0.3) is 11.7 Å². The van der Waals surface area contributed by atoms with Crippen LogP contribution in [0.2, 0.25) is 0 Å². The summed E-state index contributed by atoms with van der Waals surface area (Å²) in [7, 11) is 0. The Morgan fingerprint density at radius 1 is 1.32 bits per heavy atom. The van der Waals surface area contributed by atoms with Crippen LogP contribution in [0, 0.1) is 32.1 Å². The Morgan fingerprint density at radius 2 is 2.15 bits per heavy atom. The first-order chi connectivity index (χ1) is 16.4. The summed E-state index contributed by atoms with van der Waals surface area (Å²) < 4.78 is 13.0. The van der Waals surface area contributed by atoms with Crippen molar-refractivity contribution in [3.63, 3.8) is 0 Å². The van der Waals surface area contributed by atoms with Crippen LogP contribution in [-0.4, -0.2) is 34.5 Å². The van der Waals surface area contributed by atoms with Crippen LogP contribution >= 0.6 is 0 Å². The number of benzene rings is 1. The van der Waals surface area contributed by atoms with Gasteiger partial charge < -0.3 is 14.8 Å². The van der Waals surface area contributed by atoms with Crippen LogP contribution in [0.1, 0.15) is 35.1 Å². The molecular formula is C26H26N4O4. The molecule has 1 aliphatic heterocycles. The maximum Gasteiger partial charge on any atom is 0.269 e. The summed E-state index contributed by atoms with van der Waals surface area (Å²) in [6.07, 6.45) is 4.57. The molecule has 8 nitrogen and oxygen atoms in total. The molecule has 0 spiro atoms. The zero-order valence-corrected chi connectivity index (χ0v) is 19.4. The van der Waals surface area contributed by atoms with Gasteiger partial charge in [0.15, 0.2) is 0 Å². The maximum atomic E-state index is 13.4. The van der Waals surface area contributed by atoms with Crippen molar-refractivity contribution >= 4 is 17.6 Å². The number of rotatable bonds is 6. The Morgan fingerprint density at radius 3 is 2.85 bits per heavy atom. The van der Waals surface area contributed by atoms with Gasteiger partial charge in [0.1, 0.15) is 28.6 Å². The quantitative estimate of drug-likeness (QED) is 0.447. The van der Waals surface area contributed by atoms with Gasteiger partial charge >= 0.3 is 0 Å². The molecule has 174 valence electrons. The Hall–Kier alpha value is -3.96. The number of carbonyl (C=O) groups excluding carboxylic acids is 1. The minimum atomic E-state index is -0.579. The average molecular weight is 459 g/mol. The second kappa shape index (κ2) is 9.89. The summed E-state index contributed by atoms with van der Waals surface area (Å²) in [6.45, 7) is 6.69. The van der Waals surface area contributed by atoms with Crippen LogP contribution in [0.4, 0.5) is 0 Å². The molecule has 1 aromatic carbocycles. The fourth-order valence-electron chi connectivity index (χ4n) is 3.91. The third kappa shape index (κ3) is 4.85. The van der Waals surface area contributed by atoms with Crippen molar-refractivity contribution in [2.45, 2.75) is 39.7 Å². The first-order valence-electron chi connectivity index (χ1n) is 11.2. The van der Waals surface area contributed by atoms with Gasteiger partial charge in [0.05, 0.1) is 6.10 Å². The first kappa shape index (κ1) is 23.2. The molecule has 8 heteroatoms. The van der Waals surface area contributed by atoms with Crippen LogP contribution in [0.5, 0.6) is 11.6 Å². The summed E-state index contributed by atoms with van der Waals surface area (Å²) >= 11 is 0. The van der Waals surface area contributed by atoms with E-state index >= 15 is 0 Å². The van der Waals surface area contributed by atoms with Gasteiger partial charge in [0.25, 0.3) is 11.5 Å². The Labute approximate surface area is 197 Å². The second-order valence-corrected chi connectivity index (χ2v) is 8.41. The molecule has 0 saturated carbocycles. The zero-order chi connectivity index (χ0) is 24.2. The molecule has 1 amide bonds. The predicted molar refractivity (Wildman–Crippen MR) is 128 cm³/mol. The van der Waals surface area contributed by atoms with E-state index in [4.69, 9.17) is 9.47 Å². The van der Waals surface area contributed by atoms with Crippen molar-refractivity contribution < 1.29 is 14.3 Å². The Kier molecular flexibility index (Phi) is 6.75. The number of amides is 1. The van der Waals surface area contributed by atoms with Crippen molar-refractivity contribution in [3.8, 4) is 17.7 Å². The lowest BCUT2D eigenvalue weighted by Gasteiger charge is -2.13. The van der Waals surface area contributed by atoms with Crippen molar-refractivity contribution in [1.29, 1.82) is 5.26 Å². The van der Waals surface area contributed by atoms with Crippen LogP contribution < -0.4 is 15.6 Å². The third-order valence-electron chi connectivity index (χ3n) is 5.75. The normalized spacial score (nSPS) is 15.8. The maximum absolute atomic E-state index is 13.4. The van der Waals surface area contributed by atoms with E-state index in [1.807, 2.05) is 45.0 Å². The van der Waals surface area contributed by atoms with E-state index in [9.17, 15) is 14.9 Å². The highest BCUT2D eigenvalue weighted by Crippen LogP contribution is 2.28. The van der Waals surface area contributed by atoms with Crippen molar-refractivity contribution in [2.24, 2.45) is 0 Å². The lowest BCUT2D eigenvalue weighted by Crippen LogP contribution is -2.32. The van der Waals surface area contributed by atoms with Crippen LogP contribution in [0.3, 0.4) is 0 Å². The fraction of sp³-hybridized carbons (Fsp3) is 0.308. The van der Waals surface area contributed by atoms with Crippen LogP contribution in [0.15, 0.2) is 46.9 Å². The highest BCUT2D eigenvalue weighted by atomic mass is 16.5. The van der Waals surface area contributed by atoms with Crippen molar-refractivity contribution in [2.75, 3.05) is 13.2 Å². The first-order valence-corrected chi connectivity index (χ1v) is 11.2. The molecule has 3 heterocycles. The monoisotopic (exact) mass is 458 g/mol. The molecule has 1 unspecified atom stereocenters. The molecule has 1 aliphatic rings. The van der Waals surface area contributed by atoms with Gasteiger partial charge in [-0.1, -0.05) is 23.8 Å². The molecule has 0 bridgehead atoms. The van der Waals surface area contributed by atoms with Gasteiger partial charge in [-0.25, -0.2) is 0 Å². The summed E-state index contributed by atoms with van der Waals surface area (Å²) in [5.74, 6) is -0.0124. The number of aromatic nitrogens is 2. The van der Waals surface area contributed by atoms with E-state index in [1.165, 1.54) is 10.5 Å². The molecule has 1 fully saturated rings. The summed E-state index contributed by atoms with van der Waals surface area (Å²) in [6, 6.07) is 11.1. The minimum absolute atomic E-state index is 0.0203. The van der Waals surface area contributed by atoms with E-state index in [0.29, 0.717) is 24.5 Å². The van der Waals surface area contributed by atoms with E-state index < -0.39 is 11.5 Å². The second-order valence-electron chi connectivity index (χ2n) is 8.41. The molecule has 3 aromatic rings. The number of hydrogen-bond donors (Lipinski definition) is 1. The van der Waals surface area contributed by atoms with Crippen molar-refractivity contribution in [3.05, 3.63) is 74.7 Å². The van der Waals surface area contributed by atoms with E-state index in [0.717, 1.165) is 29.5 Å². The van der Waals surface area contributed by atoms with Gasteiger partial charge in [-0.15, -0.1) is 0 Å². The number of ether oxygens (including phenoxy) is 2. The molecule has 34 heavy (non-hydrogen) atoms. The summed E-state index contributed by atoms with van der Waals surface area (Å²) in [4.78, 5) is 30.7. The predicted octanol–water partition coefficient (Wildman–Crippen LogP) is 3.61. The number of aryl methyl sites for hydroxylation is 3. The highest BCUT2D eigenvalue weighted by Gasteiger charge is 2.20. The molecule has 0 aliphatic carbocycles. The third-order valence-corrected chi connectivity index (χ3v) is 5.75. The molecule has 4 rings (SSSR count). The summed E-state index contributed by atoms with van der Waals surface area (Å²) in [5.41, 5.74) is 2.54. The van der Waals surface area contributed by atoms with Gasteiger partial charge in [0, 0.05) is 19.3 Å². The molecule has 0 radical (unpaired) electrons. The molecular weight excluding hydrogens is 432 g/mol. The Bertz CT molecular complexity index is 1380. The molecule has 1 atom stereocenters. The topological polar surface area (TPSA) is 106 Å². The average Bonchev–Trinajstić information content (AvgIpc) is 3.34. The van der Waals surface area contributed by atoms with E-state index in [-0.39, 0.29) is 23.1 Å². The number of carbonyl (C=O) groups is 1. The van der Waals surface area contributed by atoms with Gasteiger partial charge in [0.2, 0.25) is 5.88 Å². The van der Waals surface area contributed by atoms with Gasteiger partial charge in [-0.3, -0.25) is 14.0 Å². The van der Waals surface area contributed by atoms with Crippen molar-refractivity contribution in [1.82, 2.24) is 14.7 Å². The highest BCUT2D eigenvalue weighted by molar-refractivity contribution is 6.01. The van der Waals surface area contributed by atoms with E-state index in [2.05, 4.69) is 10.3 Å². The van der Waals surface area contributed by atoms with Gasteiger partial charge in [-0.05, 0) is 62.9 Å². The summed E-state index contributed by atoms with van der Waals surface area (Å²) in [5, 5.41) is 12.4. The SMILES string of the molecule is Cc1ccc(Oc2nc3c(C)cccn3c(=O)c2C=C(C#N)C(=O)NCC2CCCO2)c(C)c1. The lowest BCUT2D eigenvalue weighted by molar-refractivity contribution is -0.117. The molecule has 2 aromatic heterocycles. The standard InChI is InChI=1S/C26H26N4O4/c1-16-8-9-22(18(3)12-16)34-25-21(26(32)30-10-4-6-17(2)23(30)29-25)13-19(14-27)24(31)28-15-20-7-5-11-33-20/h4,6,8-10,12-13,20H,5,7,11,15H2,1-3H3,(H,28,31). The fourth-order valence-corrected chi connectivity index (χ4v) is 3.91. The van der Waals surface area contributed by atoms with Gasteiger partial charge in [-0.2, -0.15) is 10.2 Å². The largest absolute Gasteiger partial charge is 0.438 e. The lowest BCUT2D eigenvalue weighted by atomic mass is 10.1.